The van der Waals surface area contributed by atoms with E-state index >= 15 is 0 Å². The molecule has 0 N–H and O–H groups in total. The molecule has 1 atom stereocenters. The lowest BCUT2D eigenvalue weighted by molar-refractivity contribution is -0.177. The van der Waals surface area contributed by atoms with Crippen LogP contribution < -0.4 is 0 Å². The molecule has 1 aromatic heterocycles. The first-order chi connectivity index (χ1) is 10.5. The summed E-state index contributed by atoms with van der Waals surface area (Å²) in [5.41, 5.74) is 0.451. The highest BCUT2D eigenvalue weighted by Crippen LogP contribution is 2.33. The van der Waals surface area contributed by atoms with Crippen LogP contribution in [0.5, 0.6) is 0 Å². The fourth-order valence-electron chi connectivity index (χ4n) is 3.02. The third kappa shape index (κ3) is 2.84. The smallest absolute Gasteiger partial charge is 0.376 e. The van der Waals surface area contributed by atoms with Gasteiger partial charge in [0.05, 0.1) is 18.8 Å². The van der Waals surface area contributed by atoms with Crippen molar-refractivity contribution in [3.63, 3.8) is 0 Å². The molecule has 1 unspecified atom stereocenters. The van der Waals surface area contributed by atoms with Gasteiger partial charge < -0.3 is 14.2 Å². The van der Waals surface area contributed by atoms with Crippen LogP contribution in [0.1, 0.15) is 47.5 Å². The highest BCUT2D eigenvalue weighted by atomic mass is 19.4. The second-order valence-corrected chi connectivity index (χ2v) is 5.64. The molecule has 0 spiro atoms. The van der Waals surface area contributed by atoms with Gasteiger partial charge in [0.1, 0.15) is 11.8 Å². The second kappa shape index (κ2) is 5.91. The molecule has 1 amide bonds. The molecule has 0 aliphatic carbocycles. The number of ether oxygens (including phenoxy) is 1. The molecule has 0 bridgehead atoms. The molecular formula is C14H17F3N2O3. The Hall–Kier alpha value is -1.57. The van der Waals surface area contributed by atoms with E-state index in [1.807, 2.05) is 0 Å². The van der Waals surface area contributed by atoms with Crippen LogP contribution in [0, 0.1) is 0 Å². The van der Waals surface area contributed by atoms with E-state index in [4.69, 9.17) is 9.26 Å². The quantitative estimate of drug-likeness (QED) is 0.799. The van der Waals surface area contributed by atoms with Crippen molar-refractivity contribution in [3.8, 4) is 0 Å². The van der Waals surface area contributed by atoms with E-state index in [1.54, 1.807) is 0 Å². The molecule has 22 heavy (non-hydrogen) atoms. The van der Waals surface area contributed by atoms with Crippen molar-refractivity contribution in [2.45, 2.75) is 50.9 Å². The number of halogens is 3. The fourth-order valence-corrected chi connectivity index (χ4v) is 3.02. The predicted octanol–water partition coefficient (Wildman–Crippen LogP) is 2.69. The van der Waals surface area contributed by atoms with Gasteiger partial charge in [-0.25, -0.2) is 0 Å². The van der Waals surface area contributed by atoms with E-state index in [1.165, 1.54) is 0 Å². The topological polar surface area (TPSA) is 55.6 Å². The monoisotopic (exact) mass is 318 g/mol. The minimum atomic E-state index is -4.43. The third-order valence-electron chi connectivity index (χ3n) is 4.18. The van der Waals surface area contributed by atoms with Crippen LogP contribution in [-0.4, -0.2) is 41.3 Å². The van der Waals surface area contributed by atoms with E-state index in [2.05, 4.69) is 5.16 Å². The number of hydrogen-bond donors (Lipinski definition) is 0. The summed E-state index contributed by atoms with van der Waals surface area (Å²) in [5.74, 6) is -0.173. The van der Waals surface area contributed by atoms with E-state index in [9.17, 15) is 18.0 Å². The summed E-state index contributed by atoms with van der Waals surface area (Å²) in [4.78, 5) is 13.5. The van der Waals surface area contributed by atoms with Crippen molar-refractivity contribution >= 4 is 5.91 Å². The number of rotatable bonds is 1. The SMILES string of the molecule is O=C(c1noc2c1COCC2)N1CCCCCC1C(F)(F)F. The Morgan fingerprint density at radius 2 is 2.09 bits per heavy atom. The number of likely N-dealkylation sites (tertiary alicyclic amines) is 1. The summed E-state index contributed by atoms with van der Waals surface area (Å²) >= 11 is 0. The molecule has 1 aromatic rings. The summed E-state index contributed by atoms with van der Waals surface area (Å²) in [5, 5.41) is 3.71. The number of fused-ring (bicyclic) bond motifs is 1. The van der Waals surface area contributed by atoms with E-state index < -0.39 is 18.1 Å². The first-order valence-electron chi connectivity index (χ1n) is 7.41. The zero-order valence-corrected chi connectivity index (χ0v) is 12.0. The Labute approximate surface area is 125 Å². The maximum absolute atomic E-state index is 13.3. The highest BCUT2D eigenvalue weighted by Gasteiger charge is 2.46. The van der Waals surface area contributed by atoms with Crippen LogP contribution >= 0.6 is 0 Å². The Bertz CT molecular complexity index is 556. The zero-order valence-electron chi connectivity index (χ0n) is 12.0. The van der Waals surface area contributed by atoms with E-state index in [0.29, 0.717) is 43.6 Å². The summed E-state index contributed by atoms with van der Waals surface area (Å²) < 4.78 is 50.1. The lowest BCUT2D eigenvalue weighted by Gasteiger charge is -2.31. The standard InChI is InChI=1S/C14H17F3N2O3/c15-14(16,17)11-4-2-1-3-6-19(11)13(20)12-9-8-21-7-5-10(9)22-18-12/h11H,1-8H2. The lowest BCUT2D eigenvalue weighted by Crippen LogP contribution is -2.48. The van der Waals surface area contributed by atoms with Gasteiger partial charge in [0.2, 0.25) is 0 Å². The number of amides is 1. The van der Waals surface area contributed by atoms with Gasteiger partial charge in [0.25, 0.3) is 5.91 Å². The number of carbonyl (C=O) groups is 1. The van der Waals surface area contributed by atoms with Crippen molar-refractivity contribution in [3.05, 3.63) is 17.0 Å². The van der Waals surface area contributed by atoms with E-state index in [-0.39, 0.29) is 25.3 Å². The second-order valence-electron chi connectivity index (χ2n) is 5.64. The third-order valence-corrected chi connectivity index (χ3v) is 4.18. The van der Waals surface area contributed by atoms with Gasteiger partial charge in [-0.15, -0.1) is 0 Å². The van der Waals surface area contributed by atoms with E-state index in [0.717, 1.165) is 4.90 Å². The van der Waals surface area contributed by atoms with Crippen LogP contribution in [-0.2, 0) is 17.8 Å². The number of nitrogens with zero attached hydrogens (tertiary/aromatic N) is 2. The van der Waals surface area contributed by atoms with Gasteiger partial charge in [0.15, 0.2) is 5.69 Å². The van der Waals surface area contributed by atoms with Crippen molar-refractivity contribution in [1.82, 2.24) is 10.1 Å². The average Bonchev–Trinajstić information content (AvgIpc) is 2.73. The normalized spacial score (nSPS) is 23.0. The molecule has 0 radical (unpaired) electrons. The van der Waals surface area contributed by atoms with Crippen molar-refractivity contribution in [2.75, 3.05) is 13.2 Å². The Kier molecular flexibility index (Phi) is 4.12. The number of carbonyl (C=O) groups excluding carboxylic acids is 1. The molecule has 0 aromatic carbocycles. The van der Waals surface area contributed by atoms with Gasteiger partial charge in [-0.3, -0.25) is 4.79 Å². The van der Waals surface area contributed by atoms with Crippen LogP contribution in [0.3, 0.4) is 0 Å². The largest absolute Gasteiger partial charge is 0.408 e. The molecule has 2 aliphatic rings. The van der Waals surface area contributed by atoms with Crippen molar-refractivity contribution in [1.29, 1.82) is 0 Å². The Morgan fingerprint density at radius 1 is 1.27 bits per heavy atom. The first-order valence-corrected chi connectivity index (χ1v) is 7.41. The summed E-state index contributed by atoms with van der Waals surface area (Å²) in [6, 6.07) is -1.75. The summed E-state index contributed by atoms with van der Waals surface area (Å²) in [7, 11) is 0. The minimum absolute atomic E-state index is 0.0363. The number of hydrogen-bond acceptors (Lipinski definition) is 4. The van der Waals surface area contributed by atoms with Crippen LogP contribution in [0.4, 0.5) is 13.2 Å². The Morgan fingerprint density at radius 3 is 2.86 bits per heavy atom. The molecule has 1 fully saturated rings. The summed E-state index contributed by atoms with van der Waals surface area (Å²) in [6.45, 7) is 0.709. The van der Waals surface area contributed by atoms with Crippen molar-refractivity contribution < 1.29 is 27.2 Å². The molecule has 0 saturated carbocycles. The Balaban J connectivity index is 1.90. The van der Waals surface area contributed by atoms with Crippen LogP contribution in [0.25, 0.3) is 0 Å². The summed E-state index contributed by atoms with van der Waals surface area (Å²) in [6.07, 6.45) is -2.29. The predicted molar refractivity (Wildman–Crippen MR) is 69.2 cm³/mol. The highest BCUT2D eigenvalue weighted by molar-refractivity contribution is 5.94. The average molecular weight is 318 g/mol. The van der Waals surface area contributed by atoms with Crippen LogP contribution in [0.2, 0.25) is 0 Å². The van der Waals surface area contributed by atoms with Gasteiger partial charge in [0, 0.05) is 13.0 Å². The number of alkyl halides is 3. The zero-order chi connectivity index (χ0) is 15.7. The molecule has 3 heterocycles. The molecule has 3 rings (SSSR count). The molecular weight excluding hydrogens is 301 g/mol. The fraction of sp³-hybridized carbons (Fsp3) is 0.714. The van der Waals surface area contributed by atoms with Gasteiger partial charge in [-0.05, 0) is 12.8 Å². The van der Waals surface area contributed by atoms with Gasteiger partial charge in [-0.1, -0.05) is 18.0 Å². The molecule has 5 nitrogen and oxygen atoms in total. The lowest BCUT2D eigenvalue weighted by atomic mass is 10.1. The van der Waals surface area contributed by atoms with Crippen molar-refractivity contribution in [2.24, 2.45) is 0 Å². The minimum Gasteiger partial charge on any atom is -0.376 e. The molecule has 8 heteroatoms. The maximum atomic E-state index is 13.3. The molecule has 2 aliphatic heterocycles. The van der Waals surface area contributed by atoms with Gasteiger partial charge >= 0.3 is 6.18 Å². The molecule has 122 valence electrons. The number of aromatic nitrogens is 1. The first kappa shape index (κ1) is 15.3. The van der Waals surface area contributed by atoms with Crippen LogP contribution in [0.15, 0.2) is 4.52 Å². The van der Waals surface area contributed by atoms with Gasteiger partial charge in [-0.2, -0.15) is 13.2 Å². The molecule has 1 saturated heterocycles. The maximum Gasteiger partial charge on any atom is 0.408 e.